The van der Waals surface area contributed by atoms with Crippen molar-refractivity contribution < 1.29 is 10.2 Å². The number of hydrogen-bond acceptors (Lipinski definition) is 2. The fourth-order valence-electron chi connectivity index (χ4n) is 3.55. The first-order valence-electron chi connectivity index (χ1n) is 9.58. The van der Waals surface area contributed by atoms with Crippen LogP contribution in [0, 0.1) is 5.92 Å². The summed E-state index contributed by atoms with van der Waals surface area (Å²) in [5, 5.41) is 19.2. The Bertz CT molecular complexity index is 862. The Morgan fingerprint density at radius 1 is 0.667 bits per heavy atom. The van der Waals surface area contributed by atoms with Crippen molar-refractivity contribution >= 4 is 0 Å². The molecule has 0 saturated heterocycles. The molecule has 1 unspecified atom stereocenters. The smallest absolute Gasteiger partial charge is 0.115 e. The molecule has 3 rings (SSSR count). The summed E-state index contributed by atoms with van der Waals surface area (Å²) in [5.74, 6) is 1.22. The molecule has 0 fully saturated rings. The fraction of sp³-hybridized carbons (Fsp3) is 0.280. The summed E-state index contributed by atoms with van der Waals surface area (Å²) in [4.78, 5) is 0. The van der Waals surface area contributed by atoms with Crippen molar-refractivity contribution in [1.82, 2.24) is 0 Å². The van der Waals surface area contributed by atoms with Gasteiger partial charge in [0.05, 0.1) is 0 Å². The minimum Gasteiger partial charge on any atom is -0.508 e. The van der Waals surface area contributed by atoms with Crippen molar-refractivity contribution in [3.05, 3.63) is 83.9 Å². The lowest BCUT2D eigenvalue weighted by molar-refractivity contribution is 0.438. The van der Waals surface area contributed by atoms with Crippen molar-refractivity contribution in [2.45, 2.75) is 39.0 Å². The van der Waals surface area contributed by atoms with Gasteiger partial charge in [-0.2, -0.15) is 0 Å². The number of rotatable bonds is 6. The maximum atomic E-state index is 9.68. The van der Waals surface area contributed by atoms with E-state index in [1.54, 1.807) is 24.3 Å². The fourth-order valence-corrected chi connectivity index (χ4v) is 3.55. The summed E-state index contributed by atoms with van der Waals surface area (Å²) in [6.45, 7) is 6.80. The summed E-state index contributed by atoms with van der Waals surface area (Å²) in [5.41, 5.74) is 4.61. The van der Waals surface area contributed by atoms with Crippen LogP contribution >= 0.6 is 0 Å². The van der Waals surface area contributed by atoms with Crippen LogP contribution in [0.4, 0.5) is 0 Å². The van der Waals surface area contributed by atoms with Crippen LogP contribution in [0.2, 0.25) is 0 Å². The lowest BCUT2D eigenvalue weighted by Gasteiger charge is -2.32. The average molecular weight is 360 g/mol. The molecule has 2 N–H and O–H groups in total. The first-order valence-corrected chi connectivity index (χ1v) is 9.58. The van der Waals surface area contributed by atoms with Crippen LogP contribution in [0.15, 0.2) is 72.8 Å². The Labute approximate surface area is 162 Å². The second-order valence-corrected chi connectivity index (χ2v) is 7.94. The van der Waals surface area contributed by atoms with Crippen LogP contribution in [-0.4, -0.2) is 10.2 Å². The van der Waals surface area contributed by atoms with E-state index < -0.39 is 0 Å². The summed E-state index contributed by atoms with van der Waals surface area (Å²) in [6, 6.07) is 23.6. The summed E-state index contributed by atoms with van der Waals surface area (Å²) in [6.07, 6.45) is 2.19. The van der Waals surface area contributed by atoms with Crippen molar-refractivity contribution in [1.29, 1.82) is 0 Å². The number of phenols is 2. The van der Waals surface area contributed by atoms with Gasteiger partial charge in [-0.05, 0) is 65.3 Å². The van der Waals surface area contributed by atoms with Gasteiger partial charge >= 0.3 is 0 Å². The average Bonchev–Trinajstić information content (AvgIpc) is 2.67. The van der Waals surface area contributed by atoms with Gasteiger partial charge in [0.1, 0.15) is 11.5 Å². The molecule has 0 amide bonds. The molecule has 2 nitrogen and oxygen atoms in total. The second kappa shape index (κ2) is 7.87. The van der Waals surface area contributed by atoms with E-state index in [4.69, 9.17) is 0 Å². The largest absolute Gasteiger partial charge is 0.508 e. The van der Waals surface area contributed by atoms with E-state index in [0.29, 0.717) is 11.7 Å². The van der Waals surface area contributed by atoms with Crippen LogP contribution in [0.1, 0.15) is 44.7 Å². The molecule has 0 radical (unpaired) electrons. The molecule has 140 valence electrons. The third kappa shape index (κ3) is 4.33. The molecular weight excluding hydrogens is 332 g/mol. The normalized spacial score (nSPS) is 13.5. The number of aromatic hydroxyl groups is 2. The number of benzene rings is 3. The van der Waals surface area contributed by atoms with Crippen LogP contribution < -0.4 is 0 Å². The summed E-state index contributed by atoms with van der Waals surface area (Å²) < 4.78 is 0. The predicted octanol–water partition coefficient (Wildman–Crippen LogP) is 6.51. The lowest BCUT2D eigenvalue weighted by Crippen LogP contribution is -2.24. The van der Waals surface area contributed by atoms with Crippen LogP contribution in [0.25, 0.3) is 11.1 Å². The van der Waals surface area contributed by atoms with Crippen LogP contribution in [-0.2, 0) is 5.41 Å². The summed E-state index contributed by atoms with van der Waals surface area (Å²) >= 11 is 0. The first kappa shape index (κ1) is 19.0. The Kier molecular flexibility index (Phi) is 5.55. The van der Waals surface area contributed by atoms with Crippen LogP contribution in [0.5, 0.6) is 11.5 Å². The highest BCUT2D eigenvalue weighted by Crippen LogP contribution is 2.39. The van der Waals surface area contributed by atoms with E-state index >= 15 is 0 Å². The van der Waals surface area contributed by atoms with Gasteiger partial charge in [0.2, 0.25) is 0 Å². The predicted molar refractivity (Wildman–Crippen MR) is 112 cm³/mol. The van der Waals surface area contributed by atoms with E-state index in [0.717, 1.165) is 24.0 Å². The molecule has 0 spiro atoms. The van der Waals surface area contributed by atoms with E-state index in [-0.39, 0.29) is 11.2 Å². The highest BCUT2D eigenvalue weighted by Gasteiger charge is 2.29. The van der Waals surface area contributed by atoms with Crippen molar-refractivity contribution in [2.75, 3.05) is 0 Å². The van der Waals surface area contributed by atoms with Gasteiger partial charge in [-0.1, -0.05) is 69.3 Å². The maximum absolute atomic E-state index is 9.68. The molecule has 2 heteroatoms. The molecule has 0 heterocycles. The van der Waals surface area contributed by atoms with E-state index in [1.807, 2.05) is 24.3 Å². The zero-order valence-electron chi connectivity index (χ0n) is 16.3. The maximum Gasteiger partial charge on any atom is 0.115 e. The Morgan fingerprint density at radius 2 is 1.04 bits per heavy atom. The van der Waals surface area contributed by atoms with E-state index in [9.17, 15) is 10.2 Å². The molecule has 0 aromatic heterocycles. The quantitative estimate of drug-likeness (QED) is 0.526. The van der Waals surface area contributed by atoms with Gasteiger partial charge in [0, 0.05) is 5.41 Å². The standard InChI is InChI=1S/C25H28O2/c1-18(2)16-17-25(3,22-10-14-24(27)15-11-22)21-8-4-19(5-9-21)20-6-12-23(26)13-7-20/h4-15,18,26-27H,16-17H2,1-3H3. The Morgan fingerprint density at radius 3 is 1.48 bits per heavy atom. The molecule has 0 aliphatic carbocycles. The second-order valence-electron chi connectivity index (χ2n) is 7.94. The molecule has 0 saturated carbocycles. The zero-order valence-corrected chi connectivity index (χ0v) is 16.3. The zero-order chi connectivity index (χ0) is 19.4. The first-order chi connectivity index (χ1) is 12.9. The lowest BCUT2D eigenvalue weighted by atomic mass is 9.72. The van der Waals surface area contributed by atoms with E-state index in [1.165, 1.54) is 11.1 Å². The Hall–Kier alpha value is -2.74. The third-order valence-corrected chi connectivity index (χ3v) is 5.45. The summed E-state index contributed by atoms with van der Waals surface area (Å²) in [7, 11) is 0. The minimum atomic E-state index is -0.106. The van der Waals surface area contributed by atoms with Gasteiger partial charge in [0.15, 0.2) is 0 Å². The highest BCUT2D eigenvalue weighted by molar-refractivity contribution is 5.65. The molecule has 0 aliphatic rings. The van der Waals surface area contributed by atoms with Crippen molar-refractivity contribution in [3.8, 4) is 22.6 Å². The van der Waals surface area contributed by atoms with Gasteiger partial charge < -0.3 is 10.2 Å². The van der Waals surface area contributed by atoms with Gasteiger partial charge in [-0.3, -0.25) is 0 Å². The van der Waals surface area contributed by atoms with Gasteiger partial charge in [-0.25, -0.2) is 0 Å². The third-order valence-electron chi connectivity index (χ3n) is 5.45. The molecule has 3 aromatic rings. The number of phenolic OH excluding ortho intramolecular Hbond substituents is 2. The molecule has 1 atom stereocenters. The van der Waals surface area contributed by atoms with Crippen LogP contribution in [0.3, 0.4) is 0 Å². The molecule has 3 aromatic carbocycles. The topological polar surface area (TPSA) is 40.5 Å². The molecule has 27 heavy (non-hydrogen) atoms. The highest BCUT2D eigenvalue weighted by atomic mass is 16.3. The van der Waals surface area contributed by atoms with Gasteiger partial charge in [0.25, 0.3) is 0 Å². The molecular formula is C25H28O2. The van der Waals surface area contributed by atoms with E-state index in [2.05, 4.69) is 45.0 Å². The Balaban J connectivity index is 1.96. The minimum absolute atomic E-state index is 0.106. The van der Waals surface area contributed by atoms with Crippen molar-refractivity contribution in [3.63, 3.8) is 0 Å². The molecule has 0 bridgehead atoms. The SMILES string of the molecule is CC(C)CCC(C)(c1ccc(O)cc1)c1ccc(-c2ccc(O)cc2)cc1. The molecule has 0 aliphatic heterocycles. The number of hydrogen-bond donors (Lipinski definition) is 2. The van der Waals surface area contributed by atoms with Crippen molar-refractivity contribution in [2.24, 2.45) is 5.92 Å². The monoisotopic (exact) mass is 360 g/mol. The van der Waals surface area contributed by atoms with Gasteiger partial charge in [-0.15, -0.1) is 0 Å².